The van der Waals surface area contributed by atoms with Crippen molar-refractivity contribution in [1.82, 2.24) is 10.2 Å². The minimum absolute atomic E-state index is 0.00722. The summed E-state index contributed by atoms with van der Waals surface area (Å²) in [7, 11) is 0. The summed E-state index contributed by atoms with van der Waals surface area (Å²) in [4.78, 5) is 25.1. The lowest BCUT2D eigenvalue weighted by Crippen LogP contribution is -2.47. The Kier molecular flexibility index (Phi) is 6.81. The number of likely N-dealkylation sites (tertiary alicyclic amines) is 1. The average molecular weight is 380 g/mol. The molecule has 1 saturated heterocycles. The number of ether oxygens (including phenoxy) is 1. The average Bonchev–Trinajstić information content (AvgIpc) is 2.54. The molecule has 0 aliphatic carbocycles. The van der Waals surface area contributed by atoms with Crippen molar-refractivity contribution in [2.75, 3.05) is 25.6 Å². The molecule has 5 nitrogen and oxygen atoms in total. The number of hydrogen-bond acceptors (Lipinski definition) is 3. The van der Waals surface area contributed by atoms with Crippen LogP contribution in [-0.2, 0) is 9.59 Å². The van der Waals surface area contributed by atoms with Crippen LogP contribution in [0.25, 0.3) is 0 Å². The van der Waals surface area contributed by atoms with Crippen molar-refractivity contribution < 1.29 is 14.3 Å². The fourth-order valence-electron chi connectivity index (χ4n) is 2.36. The number of piperidine rings is 1. The highest BCUT2D eigenvalue weighted by Crippen LogP contribution is 2.27. The summed E-state index contributed by atoms with van der Waals surface area (Å²) in [5.74, 6) is 0.108. The number of carbonyl (C=O) groups excluding carboxylic acids is 2. The summed E-state index contributed by atoms with van der Waals surface area (Å²) in [6.45, 7) is 1.07. The summed E-state index contributed by atoms with van der Waals surface area (Å²) in [5.41, 5.74) is 0. The van der Waals surface area contributed by atoms with Crippen LogP contribution in [0.3, 0.4) is 0 Å². The van der Waals surface area contributed by atoms with Crippen molar-refractivity contribution >= 4 is 46.6 Å². The zero-order valence-corrected chi connectivity index (χ0v) is 14.6. The zero-order valence-electron chi connectivity index (χ0n) is 12.4. The van der Waals surface area contributed by atoms with Gasteiger partial charge in [0, 0.05) is 24.2 Å². The van der Waals surface area contributed by atoms with Crippen molar-refractivity contribution in [2.45, 2.75) is 18.9 Å². The molecule has 1 aliphatic heterocycles. The van der Waals surface area contributed by atoms with Gasteiger partial charge in [-0.05, 0) is 31.0 Å². The van der Waals surface area contributed by atoms with E-state index in [9.17, 15) is 9.59 Å². The molecule has 2 amide bonds. The summed E-state index contributed by atoms with van der Waals surface area (Å²) in [5, 5.41) is 3.76. The molecular weight excluding hydrogens is 363 g/mol. The van der Waals surface area contributed by atoms with E-state index in [1.54, 1.807) is 23.1 Å². The van der Waals surface area contributed by atoms with E-state index in [1.165, 1.54) is 0 Å². The van der Waals surface area contributed by atoms with Gasteiger partial charge in [-0.3, -0.25) is 9.59 Å². The van der Waals surface area contributed by atoms with Crippen LogP contribution in [0.1, 0.15) is 12.8 Å². The van der Waals surface area contributed by atoms with Gasteiger partial charge >= 0.3 is 0 Å². The lowest BCUT2D eigenvalue weighted by molar-refractivity contribution is -0.129. The van der Waals surface area contributed by atoms with Gasteiger partial charge in [0.25, 0.3) is 5.91 Å². The second-order valence-electron chi connectivity index (χ2n) is 5.22. The van der Waals surface area contributed by atoms with Crippen molar-refractivity contribution in [2.24, 2.45) is 0 Å². The molecule has 0 aromatic heterocycles. The Bertz CT molecular complexity index is 575. The molecule has 1 N–H and O–H groups in total. The zero-order chi connectivity index (χ0) is 16.8. The smallest absolute Gasteiger partial charge is 0.258 e. The normalized spacial score (nSPS) is 15.3. The number of nitrogens with one attached hydrogen (secondary N) is 1. The number of carbonyl (C=O) groups is 2. The molecule has 2 rings (SSSR count). The molecule has 0 atom stereocenters. The topological polar surface area (TPSA) is 58.6 Å². The van der Waals surface area contributed by atoms with Crippen LogP contribution < -0.4 is 10.1 Å². The Hall–Kier alpha value is -1.17. The van der Waals surface area contributed by atoms with E-state index in [0.29, 0.717) is 41.7 Å². The summed E-state index contributed by atoms with van der Waals surface area (Å²) < 4.78 is 5.39. The first-order valence-electron chi connectivity index (χ1n) is 7.20. The Morgan fingerprint density at radius 1 is 1.26 bits per heavy atom. The molecule has 8 heteroatoms. The highest BCUT2D eigenvalue weighted by atomic mass is 35.5. The van der Waals surface area contributed by atoms with Gasteiger partial charge in [-0.15, -0.1) is 11.6 Å². The van der Waals surface area contributed by atoms with Gasteiger partial charge in [0.15, 0.2) is 6.61 Å². The van der Waals surface area contributed by atoms with Crippen LogP contribution in [0, 0.1) is 0 Å². The lowest BCUT2D eigenvalue weighted by atomic mass is 10.1. The first kappa shape index (κ1) is 18.2. The SMILES string of the molecule is O=C(COc1ccc(Cl)cc1Cl)NC1CCN(C(=O)CCl)CC1. The maximum atomic E-state index is 11.9. The van der Waals surface area contributed by atoms with Gasteiger partial charge in [0.2, 0.25) is 5.91 Å². The molecule has 126 valence electrons. The molecule has 1 aliphatic rings. The predicted octanol–water partition coefficient (Wildman–Crippen LogP) is 2.72. The number of rotatable bonds is 5. The molecule has 0 saturated carbocycles. The van der Waals surface area contributed by atoms with Gasteiger partial charge < -0.3 is 15.0 Å². The van der Waals surface area contributed by atoms with Gasteiger partial charge in [0.05, 0.1) is 5.02 Å². The minimum Gasteiger partial charge on any atom is -0.482 e. The largest absolute Gasteiger partial charge is 0.482 e. The van der Waals surface area contributed by atoms with E-state index < -0.39 is 0 Å². The first-order chi connectivity index (χ1) is 11.0. The summed E-state index contributed by atoms with van der Waals surface area (Å²) >= 11 is 17.3. The Balaban J connectivity index is 1.74. The quantitative estimate of drug-likeness (QED) is 0.800. The number of halogens is 3. The fraction of sp³-hybridized carbons (Fsp3) is 0.467. The number of nitrogens with zero attached hydrogens (tertiary/aromatic N) is 1. The van der Waals surface area contributed by atoms with Crippen LogP contribution in [0.15, 0.2) is 18.2 Å². The van der Waals surface area contributed by atoms with Crippen molar-refractivity contribution in [3.63, 3.8) is 0 Å². The molecule has 1 aromatic carbocycles. The Labute approximate surface area is 149 Å². The highest BCUT2D eigenvalue weighted by molar-refractivity contribution is 6.35. The van der Waals surface area contributed by atoms with Crippen LogP contribution in [0.2, 0.25) is 10.0 Å². The molecule has 1 aromatic rings. The van der Waals surface area contributed by atoms with E-state index in [1.807, 2.05) is 0 Å². The third kappa shape index (κ3) is 5.44. The fourth-order valence-corrected chi connectivity index (χ4v) is 2.99. The maximum absolute atomic E-state index is 11.9. The van der Waals surface area contributed by atoms with Gasteiger partial charge in [-0.2, -0.15) is 0 Å². The Morgan fingerprint density at radius 3 is 2.57 bits per heavy atom. The number of amides is 2. The second kappa shape index (κ2) is 8.62. The van der Waals surface area contributed by atoms with E-state index in [4.69, 9.17) is 39.5 Å². The van der Waals surface area contributed by atoms with Crippen molar-refractivity contribution in [3.05, 3.63) is 28.2 Å². The number of benzene rings is 1. The van der Waals surface area contributed by atoms with Gasteiger partial charge in [0.1, 0.15) is 11.6 Å². The predicted molar refractivity (Wildman–Crippen MR) is 90.4 cm³/mol. The molecule has 1 fully saturated rings. The molecule has 0 unspecified atom stereocenters. The second-order valence-corrected chi connectivity index (χ2v) is 6.33. The monoisotopic (exact) mass is 378 g/mol. The van der Waals surface area contributed by atoms with E-state index in [-0.39, 0.29) is 30.3 Å². The number of alkyl halides is 1. The Morgan fingerprint density at radius 2 is 1.96 bits per heavy atom. The van der Waals surface area contributed by atoms with Crippen LogP contribution in [0.5, 0.6) is 5.75 Å². The van der Waals surface area contributed by atoms with E-state index in [2.05, 4.69) is 5.32 Å². The summed E-state index contributed by atoms with van der Waals surface area (Å²) in [6, 6.07) is 4.85. The highest BCUT2D eigenvalue weighted by Gasteiger charge is 2.23. The van der Waals surface area contributed by atoms with Crippen LogP contribution in [0.4, 0.5) is 0 Å². The lowest BCUT2D eigenvalue weighted by Gasteiger charge is -2.32. The standard InChI is InChI=1S/C15H17Cl3N2O3/c16-8-15(22)20-5-3-11(4-6-20)19-14(21)9-23-13-2-1-10(17)7-12(13)18/h1-2,7,11H,3-6,8-9H2,(H,19,21). The van der Waals surface area contributed by atoms with Gasteiger partial charge in [-0.25, -0.2) is 0 Å². The van der Waals surface area contributed by atoms with Crippen molar-refractivity contribution in [1.29, 1.82) is 0 Å². The molecular formula is C15H17Cl3N2O3. The van der Waals surface area contributed by atoms with Crippen LogP contribution >= 0.6 is 34.8 Å². The van der Waals surface area contributed by atoms with Crippen molar-refractivity contribution in [3.8, 4) is 5.75 Å². The first-order valence-corrected chi connectivity index (χ1v) is 8.49. The van der Waals surface area contributed by atoms with E-state index >= 15 is 0 Å². The molecule has 23 heavy (non-hydrogen) atoms. The summed E-state index contributed by atoms with van der Waals surface area (Å²) in [6.07, 6.45) is 1.41. The van der Waals surface area contributed by atoms with Gasteiger partial charge in [-0.1, -0.05) is 23.2 Å². The molecule has 0 radical (unpaired) electrons. The third-order valence-corrected chi connectivity index (χ3v) is 4.34. The minimum atomic E-state index is -0.224. The maximum Gasteiger partial charge on any atom is 0.258 e. The molecule has 0 spiro atoms. The van der Waals surface area contributed by atoms with E-state index in [0.717, 1.165) is 0 Å². The third-order valence-electron chi connectivity index (χ3n) is 3.58. The molecule has 0 bridgehead atoms. The molecule has 1 heterocycles. The van der Waals surface area contributed by atoms with Crippen LogP contribution in [-0.4, -0.2) is 48.3 Å². The number of hydrogen-bond donors (Lipinski definition) is 1.